The Labute approximate surface area is 115 Å². The van der Waals surface area contributed by atoms with Gasteiger partial charge in [0.05, 0.1) is 5.69 Å². The predicted molar refractivity (Wildman–Crippen MR) is 75.1 cm³/mol. The SMILES string of the molecule is Cc1ccccc1CCC(N)c1c(Br)nnn1C. The van der Waals surface area contributed by atoms with E-state index in [9.17, 15) is 0 Å². The average molecular weight is 309 g/mol. The molecule has 0 fully saturated rings. The minimum atomic E-state index is -0.0565. The Morgan fingerprint density at radius 1 is 1.39 bits per heavy atom. The molecule has 96 valence electrons. The van der Waals surface area contributed by atoms with Crippen molar-refractivity contribution in [1.82, 2.24) is 15.0 Å². The first-order valence-corrected chi connectivity index (χ1v) is 6.74. The molecule has 1 atom stereocenters. The van der Waals surface area contributed by atoms with Crippen molar-refractivity contribution < 1.29 is 0 Å². The van der Waals surface area contributed by atoms with Crippen LogP contribution in [0.25, 0.3) is 0 Å². The molecule has 18 heavy (non-hydrogen) atoms. The number of benzene rings is 1. The second-order valence-electron chi connectivity index (χ2n) is 4.46. The molecule has 0 radical (unpaired) electrons. The van der Waals surface area contributed by atoms with E-state index < -0.39 is 0 Å². The van der Waals surface area contributed by atoms with Crippen molar-refractivity contribution in [1.29, 1.82) is 0 Å². The highest BCUT2D eigenvalue weighted by Gasteiger charge is 2.16. The van der Waals surface area contributed by atoms with Crippen LogP contribution in [-0.2, 0) is 13.5 Å². The van der Waals surface area contributed by atoms with Crippen molar-refractivity contribution >= 4 is 15.9 Å². The lowest BCUT2D eigenvalue weighted by Crippen LogP contribution is -2.16. The summed E-state index contributed by atoms with van der Waals surface area (Å²) in [6.45, 7) is 2.13. The lowest BCUT2D eigenvalue weighted by Gasteiger charge is -2.13. The maximum absolute atomic E-state index is 6.21. The molecule has 0 spiro atoms. The number of aryl methyl sites for hydroxylation is 3. The topological polar surface area (TPSA) is 56.7 Å². The summed E-state index contributed by atoms with van der Waals surface area (Å²) in [5.74, 6) is 0. The van der Waals surface area contributed by atoms with E-state index in [1.165, 1.54) is 11.1 Å². The highest BCUT2D eigenvalue weighted by atomic mass is 79.9. The van der Waals surface area contributed by atoms with Crippen LogP contribution in [-0.4, -0.2) is 15.0 Å². The number of hydrogen-bond donors (Lipinski definition) is 1. The molecule has 2 aromatic rings. The monoisotopic (exact) mass is 308 g/mol. The zero-order valence-corrected chi connectivity index (χ0v) is 12.2. The summed E-state index contributed by atoms with van der Waals surface area (Å²) in [7, 11) is 1.86. The van der Waals surface area contributed by atoms with Crippen molar-refractivity contribution in [2.24, 2.45) is 12.8 Å². The van der Waals surface area contributed by atoms with Gasteiger partial charge in [0.2, 0.25) is 0 Å². The smallest absolute Gasteiger partial charge is 0.153 e. The third-order valence-corrected chi connectivity index (χ3v) is 3.73. The molecule has 0 saturated heterocycles. The van der Waals surface area contributed by atoms with Crippen molar-refractivity contribution in [3.63, 3.8) is 0 Å². The molecule has 0 aliphatic heterocycles. The fourth-order valence-corrected chi connectivity index (χ4v) is 2.69. The van der Waals surface area contributed by atoms with Crippen LogP contribution < -0.4 is 5.73 Å². The largest absolute Gasteiger partial charge is 0.323 e. The quantitative estimate of drug-likeness (QED) is 0.944. The van der Waals surface area contributed by atoms with Gasteiger partial charge < -0.3 is 5.73 Å². The van der Waals surface area contributed by atoms with E-state index in [0.29, 0.717) is 0 Å². The fraction of sp³-hybridized carbons (Fsp3) is 0.385. The lowest BCUT2D eigenvalue weighted by molar-refractivity contribution is 0.574. The Morgan fingerprint density at radius 2 is 2.11 bits per heavy atom. The third kappa shape index (κ3) is 2.79. The summed E-state index contributed by atoms with van der Waals surface area (Å²) >= 11 is 3.38. The second kappa shape index (κ2) is 5.63. The van der Waals surface area contributed by atoms with Gasteiger partial charge in [0.25, 0.3) is 0 Å². The molecule has 2 N–H and O–H groups in total. The fourth-order valence-electron chi connectivity index (χ4n) is 2.07. The summed E-state index contributed by atoms with van der Waals surface area (Å²) < 4.78 is 2.47. The molecular formula is C13H17BrN4. The maximum atomic E-state index is 6.21. The maximum Gasteiger partial charge on any atom is 0.153 e. The van der Waals surface area contributed by atoms with Gasteiger partial charge in [-0.1, -0.05) is 29.5 Å². The number of aromatic nitrogens is 3. The van der Waals surface area contributed by atoms with Gasteiger partial charge in [0, 0.05) is 13.1 Å². The number of halogens is 1. The van der Waals surface area contributed by atoms with E-state index in [1.807, 2.05) is 7.05 Å². The van der Waals surface area contributed by atoms with Crippen LogP contribution in [0, 0.1) is 6.92 Å². The first kappa shape index (κ1) is 13.2. The van der Waals surface area contributed by atoms with E-state index >= 15 is 0 Å². The van der Waals surface area contributed by atoms with Crippen LogP contribution in [0.5, 0.6) is 0 Å². The zero-order valence-electron chi connectivity index (χ0n) is 10.6. The number of nitrogens with two attached hydrogens (primary N) is 1. The molecule has 0 bridgehead atoms. The van der Waals surface area contributed by atoms with E-state index in [1.54, 1.807) is 4.68 Å². The summed E-state index contributed by atoms with van der Waals surface area (Å²) in [6, 6.07) is 8.34. The van der Waals surface area contributed by atoms with Gasteiger partial charge in [-0.25, -0.2) is 4.68 Å². The van der Waals surface area contributed by atoms with Crippen molar-refractivity contribution in [3.05, 3.63) is 45.7 Å². The standard InChI is InChI=1S/C13H17BrN4/c1-9-5-3-4-6-10(9)7-8-11(15)12-13(14)16-17-18(12)2/h3-6,11H,7-8,15H2,1-2H3. The van der Waals surface area contributed by atoms with Gasteiger partial charge in [0.1, 0.15) is 0 Å². The van der Waals surface area contributed by atoms with Gasteiger partial charge >= 0.3 is 0 Å². The molecule has 1 heterocycles. The molecular weight excluding hydrogens is 292 g/mol. The van der Waals surface area contributed by atoms with E-state index in [2.05, 4.69) is 57.4 Å². The van der Waals surface area contributed by atoms with Crippen molar-refractivity contribution in [2.45, 2.75) is 25.8 Å². The molecule has 5 heteroatoms. The molecule has 1 aromatic heterocycles. The number of rotatable bonds is 4. The highest BCUT2D eigenvalue weighted by molar-refractivity contribution is 9.10. The van der Waals surface area contributed by atoms with Crippen molar-refractivity contribution in [2.75, 3.05) is 0 Å². The molecule has 4 nitrogen and oxygen atoms in total. The van der Waals surface area contributed by atoms with Crippen LogP contribution >= 0.6 is 15.9 Å². The van der Waals surface area contributed by atoms with Gasteiger partial charge in [-0.15, -0.1) is 5.10 Å². The molecule has 1 unspecified atom stereocenters. The molecule has 0 amide bonds. The average Bonchev–Trinajstić information content (AvgIpc) is 2.68. The van der Waals surface area contributed by atoms with Gasteiger partial charge in [-0.2, -0.15) is 0 Å². The zero-order chi connectivity index (χ0) is 13.1. The third-order valence-electron chi connectivity index (χ3n) is 3.16. The number of hydrogen-bond acceptors (Lipinski definition) is 3. The Morgan fingerprint density at radius 3 is 2.72 bits per heavy atom. The van der Waals surface area contributed by atoms with Gasteiger partial charge in [-0.3, -0.25) is 0 Å². The van der Waals surface area contributed by atoms with E-state index in [4.69, 9.17) is 5.73 Å². The van der Waals surface area contributed by atoms with Crippen LogP contribution in [0.1, 0.15) is 29.3 Å². The Hall–Kier alpha value is -1.20. The molecule has 2 rings (SSSR count). The van der Waals surface area contributed by atoms with Crippen LogP contribution in [0.2, 0.25) is 0 Å². The summed E-state index contributed by atoms with van der Waals surface area (Å²) in [5.41, 5.74) is 9.81. The van der Waals surface area contributed by atoms with E-state index in [-0.39, 0.29) is 6.04 Å². The van der Waals surface area contributed by atoms with Gasteiger partial charge in [0.15, 0.2) is 4.60 Å². The van der Waals surface area contributed by atoms with Gasteiger partial charge in [-0.05, 0) is 46.8 Å². The van der Waals surface area contributed by atoms with E-state index in [0.717, 1.165) is 23.1 Å². The Balaban J connectivity index is 2.05. The Bertz CT molecular complexity index is 516. The van der Waals surface area contributed by atoms with Crippen LogP contribution in [0.15, 0.2) is 28.9 Å². The normalized spacial score (nSPS) is 12.7. The molecule has 0 saturated carbocycles. The Kier molecular flexibility index (Phi) is 4.14. The molecule has 0 aliphatic rings. The van der Waals surface area contributed by atoms with Crippen LogP contribution in [0.3, 0.4) is 0 Å². The minimum absolute atomic E-state index is 0.0565. The summed E-state index contributed by atoms with van der Waals surface area (Å²) in [4.78, 5) is 0. The first-order chi connectivity index (χ1) is 8.59. The molecule has 0 aliphatic carbocycles. The number of nitrogens with zero attached hydrogens (tertiary/aromatic N) is 3. The summed E-state index contributed by atoms with van der Waals surface area (Å²) in [6.07, 6.45) is 1.84. The second-order valence-corrected chi connectivity index (χ2v) is 5.21. The lowest BCUT2D eigenvalue weighted by atomic mass is 10.0. The summed E-state index contributed by atoms with van der Waals surface area (Å²) in [5, 5.41) is 7.91. The molecule has 1 aromatic carbocycles. The highest BCUT2D eigenvalue weighted by Crippen LogP contribution is 2.23. The van der Waals surface area contributed by atoms with Crippen LogP contribution in [0.4, 0.5) is 0 Å². The first-order valence-electron chi connectivity index (χ1n) is 5.94. The predicted octanol–water partition coefficient (Wildman–Crippen LogP) is 2.52. The van der Waals surface area contributed by atoms with Crippen molar-refractivity contribution in [3.8, 4) is 0 Å². The minimum Gasteiger partial charge on any atom is -0.323 e.